The van der Waals surface area contributed by atoms with Gasteiger partial charge in [0.25, 0.3) is 0 Å². The maximum absolute atomic E-state index is 12.1. The van der Waals surface area contributed by atoms with Gasteiger partial charge in [0.2, 0.25) is 5.78 Å². The lowest BCUT2D eigenvalue weighted by molar-refractivity contribution is 0.103. The van der Waals surface area contributed by atoms with Gasteiger partial charge in [-0.2, -0.15) is 0 Å². The monoisotopic (exact) mass is 245 g/mol. The molecule has 0 aliphatic heterocycles. The zero-order chi connectivity index (χ0) is 12.3. The van der Waals surface area contributed by atoms with E-state index in [0.29, 0.717) is 11.6 Å². The Labute approximate surface area is 105 Å². The Hall–Kier alpha value is -1.48. The minimum Gasteiger partial charge on any atom is -0.287 e. The van der Waals surface area contributed by atoms with Gasteiger partial charge >= 0.3 is 0 Å². The molecule has 2 nitrogen and oxygen atoms in total. The van der Waals surface area contributed by atoms with E-state index in [9.17, 15) is 4.79 Å². The molecule has 17 heavy (non-hydrogen) atoms. The van der Waals surface area contributed by atoms with Crippen molar-refractivity contribution in [1.29, 1.82) is 0 Å². The van der Waals surface area contributed by atoms with Gasteiger partial charge in [0.1, 0.15) is 5.69 Å². The fourth-order valence-electron chi connectivity index (χ4n) is 1.69. The molecule has 0 fully saturated rings. The summed E-state index contributed by atoms with van der Waals surface area (Å²) in [7, 11) is 0. The lowest BCUT2D eigenvalue weighted by Gasteiger charge is -2.09. The predicted octanol–water partition coefficient (Wildman–Crippen LogP) is 3.89. The Morgan fingerprint density at radius 1 is 1.47 bits per heavy atom. The Balaban J connectivity index is 2.31. The second-order valence-electron chi connectivity index (χ2n) is 4.14. The highest BCUT2D eigenvalue weighted by atomic mass is 32.1. The van der Waals surface area contributed by atoms with Crippen LogP contribution in [0.2, 0.25) is 0 Å². The molecule has 1 unspecified atom stereocenters. The maximum atomic E-state index is 12.1. The Bertz CT molecular complexity index is 505. The van der Waals surface area contributed by atoms with Crippen LogP contribution in [0.5, 0.6) is 0 Å². The van der Waals surface area contributed by atoms with Crippen LogP contribution in [0.3, 0.4) is 0 Å². The molecule has 88 valence electrons. The van der Waals surface area contributed by atoms with Crippen molar-refractivity contribution in [2.75, 3.05) is 0 Å². The number of rotatable bonds is 4. The molecule has 2 aromatic rings. The van der Waals surface area contributed by atoms with Crippen LogP contribution in [0.1, 0.15) is 47.8 Å². The summed E-state index contributed by atoms with van der Waals surface area (Å²) in [6.45, 7) is 4.33. The molecule has 0 N–H and O–H groups in total. The number of ketones is 1. The highest BCUT2D eigenvalue weighted by molar-refractivity contribution is 7.07. The van der Waals surface area contributed by atoms with Gasteiger partial charge < -0.3 is 0 Å². The third-order valence-electron chi connectivity index (χ3n) is 3.00. The van der Waals surface area contributed by atoms with Crippen LogP contribution in [0.15, 0.2) is 35.2 Å². The summed E-state index contributed by atoms with van der Waals surface area (Å²) in [5, 5.41) is 1.79. The van der Waals surface area contributed by atoms with E-state index in [1.54, 1.807) is 10.9 Å². The topological polar surface area (TPSA) is 30.0 Å². The zero-order valence-corrected chi connectivity index (χ0v) is 10.8. The average Bonchev–Trinajstić information content (AvgIpc) is 2.91. The third-order valence-corrected chi connectivity index (χ3v) is 3.58. The fourth-order valence-corrected chi connectivity index (χ4v) is 2.23. The van der Waals surface area contributed by atoms with E-state index in [4.69, 9.17) is 0 Å². The van der Waals surface area contributed by atoms with E-state index >= 15 is 0 Å². The van der Waals surface area contributed by atoms with E-state index in [-0.39, 0.29) is 5.78 Å². The van der Waals surface area contributed by atoms with Gasteiger partial charge in [-0.25, -0.2) is 4.98 Å². The van der Waals surface area contributed by atoms with Crippen LogP contribution >= 0.6 is 11.3 Å². The number of benzene rings is 1. The molecule has 0 amide bonds. The van der Waals surface area contributed by atoms with Gasteiger partial charge in [-0.05, 0) is 24.0 Å². The molecule has 3 heteroatoms. The van der Waals surface area contributed by atoms with Gasteiger partial charge in [0.05, 0.1) is 5.51 Å². The fraction of sp³-hybridized carbons (Fsp3) is 0.286. The number of nitrogens with zero attached hydrogens (tertiary/aromatic N) is 1. The van der Waals surface area contributed by atoms with Gasteiger partial charge in [-0.15, -0.1) is 11.3 Å². The molecule has 0 spiro atoms. The molecule has 0 aliphatic carbocycles. The zero-order valence-electron chi connectivity index (χ0n) is 10.0. The molecule has 0 saturated heterocycles. The van der Waals surface area contributed by atoms with Crippen molar-refractivity contribution in [2.45, 2.75) is 26.2 Å². The summed E-state index contributed by atoms with van der Waals surface area (Å²) < 4.78 is 0. The Morgan fingerprint density at radius 3 is 2.94 bits per heavy atom. The smallest absolute Gasteiger partial charge is 0.212 e. The van der Waals surface area contributed by atoms with Crippen LogP contribution in [0.25, 0.3) is 0 Å². The quantitative estimate of drug-likeness (QED) is 0.765. The van der Waals surface area contributed by atoms with Crippen LogP contribution in [0.4, 0.5) is 0 Å². The van der Waals surface area contributed by atoms with Crippen molar-refractivity contribution in [1.82, 2.24) is 4.98 Å². The lowest BCUT2D eigenvalue weighted by Crippen LogP contribution is -2.03. The predicted molar refractivity (Wildman–Crippen MR) is 70.7 cm³/mol. The second-order valence-corrected chi connectivity index (χ2v) is 4.86. The van der Waals surface area contributed by atoms with Crippen LogP contribution < -0.4 is 0 Å². The first-order valence-corrected chi connectivity index (χ1v) is 6.69. The van der Waals surface area contributed by atoms with Crippen molar-refractivity contribution in [3.63, 3.8) is 0 Å². The summed E-state index contributed by atoms with van der Waals surface area (Å²) in [5.41, 5.74) is 4.17. The molecular weight excluding hydrogens is 230 g/mol. The number of carbonyl (C=O) groups is 1. The van der Waals surface area contributed by atoms with E-state index in [2.05, 4.69) is 24.9 Å². The highest BCUT2D eigenvalue weighted by Crippen LogP contribution is 2.20. The van der Waals surface area contributed by atoms with E-state index in [1.165, 1.54) is 16.9 Å². The molecule has 0 saturated carbocycles. The lowest BCUT2D eigenvalue weighted by atomic mass is 9.95. The van der Waals surface area contributed by atoms with Crippen molar-refractivity contribution < 1.29 is 4.79 Å². The Morgan fingerprint density at radius 2 is 2.29 bits per heavy atom. The SMILES string of the molecule is CCC(C)c1cccc(C(=O)c2cscn2)c1. The summed E-state index contributed by atoms with van der Waals surface area (Å²) >= 11 is 1.45. The molecule has 0 bridgehead atoms. The number of aromatic nitrogens is 1. The van der Waals surface area contributed by atoms with Gasteiger partial charge in [0, 0.05) is 10.9 Å². The number of hydrogen-bond donors (Lipinski definition) is 0. The van der Waals surface area contributed by atoms with Gasteiger partial charge in [0.15, 0.2) is 0 Å². The minimum absolute atomic E-state index is 0.0106. The summed E-state index contributed by atoms with van der Waals surface area (Å²) in [6.07, 6.45) is 1.08. The first kappa shape index (κ1) is 12.0. The normalized spacial score (nSPS) is 12.4. The summed E-state index contributed by atoms with van der Waals surface area (Å²) in [6, 6.07) is 7.86. The number of thiazole rings is 1. The first-order valence-electron chi connectivity index (χ1n) is 5.75. The van der Waals surface area contributed by atoms with Crippen LogP contribution in [-0.4, -0.2) is 10.8 Å². The first-order chi connectivity index (χ1) is 8.22. The molecule has 0 radical (unpaired) electrons. The molecule has 0 aliphatic rings. The van der Waals surface area contributed by atoms with Crippen molar-refractivity contribution in [3.05, 3.63) is 52.0 Å². The standard InChI is InChI=1S/C14H15NOS/c1-3-10(2)11-5-4-6-12(7-11)14(16)13-8-17-9-15-13/h4-10H,3H2,1-2H3. The molecule has 1 aromatic heterocycles. The number of hydrogen-bond acceptors (Lipinski definition) is 3. The minimum atomic E-state index is 0.0106. The highest BCUT2D eigenvalue weighted by Gasteiger charge is 2.12. The number of carbonyl (C=O) groups excluding carboxylic acids is 1. The van der Waals surface area contributed by atoms with Crippen LogP contribution in [0, 0.1) is 0 Å². The Kier molecular flexibility index (Phi) is 3.69. The maximum Gasteiger partial charge on any atom is 0.212 e. The molecule has 1 heterocycles. The summed E-state index contributed by atoms with van der Waals surface area (Å²) in [4.78, 5) is 16.2. The van der Waals surface area contributed by atoms with E-state index < -0.39 is 0 Å². The molecular formula is C14H15NOS. The average molecular weight is 245 g/mol. The van der Waals surface area contributed by atoms with Crippen molar-refractivity contribution in [3.8, 4) is 0 Å². The van der Waals surface area contributed by atoms with E-state index in [1.807, 2.05) is 18.2 Å². The van der Waals surface area contributed by atoms with Gasteiger partial charge in [-0.1, -0.05) is 32.0 Å². The van der Waals surface area contributed by atoms with E-state index in [0.717, 1.165) is 12.0 Å². The largest absolute Gasteiger partial charge is 0.287 e. The second kappa shape index (κ2) is 5.23. The summed E-state index contributed by atoms with van der Waals surface area (Å²) in [5.74, 6) is 0.495. The third kappa shape index (κ3) is 2.61. The van der Waals surface area contributed by atoms with Crippen LogP contribution in [-0.2, 0) is 0 Å². The molecule has 1 aromatic carbocycles. The molecule has 1 atom stereocenters. The van der Waals surface area contributed by atoms with Gasteiger partial charge in [-0.3, -0.25) is 4.79 Å². The molecule has 2 rings (SSSR count). The van der Waals surface area contributed by atoms with Crippen molar-refractivity contribution in [2.24, 2.45) is 0 Å². The van der Waals surface area contributed by atoms with Crippen molar-refractivity contribution >= 4 is 17.1 Å².